The first kappa shape index (κ1) is 8.49. The smallest absolute Gasteiger partial charge is 0.377 e. The predicted octanol–water partition coefficient (Wildman–Crippen LogP) is 1.49. The average Bonchev–Trinajstić information content (AvgIpc) is 1.64. The molecule has 0 spiro atoms. The second-order valence-corrected chi connectivity index (χ2v) is 1.85. The SMILES string of the molecule is C=C[C@@](C)(O)C(F)(F)F. The molecule has 0 radical (unpaired) electrons. The molecule has 0 aromatic heterocycles. The fourth-order valence-corrected chi connectivity index (χ4v) is 0.116. The Balaban J connectivity index is 4.32. The Kier molecular flexibility index (Phi) is 1.91. The first-order valence-electron chi connectivity index (χ1n) is 2.24. The normalized spacial score (nSPS) is 18.8. The third-order valence-corrected chi connectivity index (χ3v) is 0.971. The van der Waals surface area contributed by atoms with Crippen molar-refractivity contribution in [3.63, 3.8) is 0 Å². The van der Waals surface area contributed by atoms with Crippen LogP contribution in [0, 0.1) is 0 Å². The van der Waals surface area contributed by atoms with Crippen LogP contribution in [0.15, 0.2) is 12.7 Å². The standard InChI is InChI=1S/C5H7F3O/c1-3-4(2,9)5(6,7)8/h3,9H,1H2,2H3/t4-/m1/s1. The Morgan fingerprint density at radius 3 is 1.78 bits per heavy atom. The van der Waals surface area contributed by atoms with E-state index < -0.39 is 11.8 Å². The van der Waals surface area contributed by atoms with Gasteiger partial charge in [-0.05, 0) is 6.92 Å². The van der Waals surface area contributed by atoms with Crippen molar-refractivity contribution < 1.29 is 18.3 Å². The van der Waals surface area contributed by atoms with E-state index >= 15 is 0 Å². The van der Waals surface area contributed by atoms with E-state index in [-0.39, 0.29) is 0 Å². The van der Waals surface area contributed by atoms with E-state index in [0.717, 1.165) is 0 Å². The molecule has 0 aromatic rings. The minimum atomic E-state index is -4.62. The van der Waals surface area contributed by atoms with Crippen LogP contribution in [0.5, 0.6) is 0 Å². The maximum atomic E-state index is 11.5. The average molecular weight is 140 g/mol. The molecule has 1 atom stereocenters. The second-order valence-electron chi connectivity index (χ2n) is 1.85. The molecular weight excluding hydrogens is 133 g/mol. The van der Waals surface area contributed by atoms with Gasteiger partial charge in [0, 0.05) is 0 Å². The maximum Gasteiger partial charge on any atom is 0.420 e. The molecule has 0 heterocycles. The molecule has 0 saturated heterocycles. The molecule has 0 fully saturated rings. The molecule has 0 amide bonds. The zero-order valence-corrected chi connectivity index (χ0v) is 4.87. The van der Waals surface area contributed by atoms with Gasteiger partial charge < -0.3 is 5.11 Å². The van der Waals surface area contributed by atoms with Crippen LogP contribution < -0.4 is 0 Å². The highest BCUT2D eigenvalue weighted by Crippen LogP contribution is 2.30. The van der Waals surface area contributed by atoms with Gasteiger partial charge in [-0.25, -0.2) is 0 Å². The number of hydrogen-bond donors (Lipinski definition) is 1. The summed E-state index contributed by atoms with van der Waals surface area (Å²) in [5.74, 6) is 0. The Hall–Kier alpha value is -0.510. The number of aliphatic hydroxyl groups is 1. The Bertz CT molecular complexity index is 114. The lowest BCUT2D eigenvalue weighted by Gasteiger charge is -2.21. The van der Waals surface area contributed by atoms with Crippen LogP contribution in [-0.2, 0) is 0 Å². The largest absolute Gasteiger partial charge is 0.420 e. The molecule has 0 bridgehead atoms. The third-order valence-electron chi connectivity index (χ3n) is 0.971. The van der Waals surface area contributed by atoms with E-state index in [0.29, 0.717) is 13.0 Å². The predicted molar refractivity (Wildman–Crippen MR) is 26.9 cm³/mol. The van der Waals surface area contributed by atoms with Gasteiger partial charge in [0.05, 0.1) is 0 Å². The fourth-order valence-electron chi connectivity index (χ4n) is 0.116. The van der Waals surface area contributed by atoms with E-state index in [9.17, 15) is 13.2 Å². The van der Waals surface area contributed by atoms with Crippen molar-refractivity contribution in [2.45, 2.75) is 18.7 Å². The number of rotatable bonds is 1. The topological polar surface area (TPSA) is 20.2 Å². The van der Waals surface area contributed by atoms with Gasteiger partial charge in [-0.2, -0.15) is 13.2 Å². The van der Waals surface area contributed by atoms with E-state index in [1.807, 2.05) is 0 Å². The quantitative estimate of drug-likeness (QED) is 0.547. The van der Waals surface area contributed by atoms with Crippen molar-refractivity contribution >= 4 is 0 Å². The minimum Gasteiger partial charge on any atom is -0.377 e. The highest BCUT2D eigenvalue weighted by Gasteiger charge is 2.47. The van der Waals surface area contributed by atoms with Crippen molar-refractivity contribution in [3.05, 3.63) is 12.7 Å². The molecule has 0 unspecified atom stereocenters. The maximum absolute atomic E-state index is 11.5. The van der Waals surface area contributed by atoms with Gasteiger partial charge in [-0.1, -0.05) is 12.7 Å². The fraction of sp³-hybridized carbons (Fsp3) is 0.600. The molecular formula is C5H7F3O. The lowest BCUT2D eigenvalue weighted by atomic mass is 10.1. The van der Waals surface area contributed by atoms with E-state index in [4.69, 9.17) is 5.11 Å². The zero-order valence-electron chi connectivity index (χ0n) is 4.87. The van der Waals surface area contributed by atoms with Gasteiger partial charge in [-0.15, -0.1) is 0 Å². The Labute approximate surface area is 50.8 Å². The van der Waals surface area contributed by atoms with Crippen molar-refractivity contribution in [2.24, 2.45) is 0 Å². The Morgan fingerprint density at radius 1 is 1.44 bits per heavy atom. The van der Waals surface area contributed by atoms with Crippen LogP contribution in [0.25, 0.3) is 0 Å². The number of halogens is 3. The van der Waals surface area contributed by atoms with Crippen molar-refractivity contribution in [1.82, 2.24) is 0 Å². The van der Waals surface area contributed by atoms with E-state index in [2.05, 4.69) is 6.58 Å². The molecule has 0 aliphatic rings. The lowest BCUT2D eigenvalue weighted by Crippen LogP contribution is -2.39. The molecule has 4 heteroatoms. The summed E-state index contributed by atoms with van der Waals surface area (Å²) in [5, 5.41) is 8.42. The van der Waals surface area contributed by atoms with Gasteiger partial charge in [0.1, 0.15) is 0 Å². The van der Waals surface area contributed by atoms with E-state index in [1.54, 1.807) is 0 Å². The van der Waals surface area contributed by atoms with Crippen molar-refractivity contribution in [2.75, 3.05) is 0 Å². The number of alkyl halides is 3. The molecule has 9 heavy (non-hydrogen) atoms. The summed E-state index contributed by atoms with van der Waals surface area (Å²) in [6.07, 6.45) is -4.16. The summed E-state index contributed by atoms with van der Waals surface area (Å²) >= 11 is 0. The summed E-state index contributed by atoms with van der Waals surface area (Å²) in [6, 6.07) is 0. The van der Waals surface area contributed by atoms with Crippen molar-refractivity contribution in [1.29, 1.82) is 0 Å². The van der Waals surface area contributed by atoms with Crippen LogP contribution in [0.4, 0.5) is 13.2 Å². The summed E-state index contributed by atoms with van der Waals surface area (Å²) in [7, 11) is 0. The monoisotopic (exact) mass is 140 g/mol. The van der Waals surface area contributed by atoms with Gasteiger partial charge in [0.25, 0.3) is 0 Å². The molecule has 0 aliphatic carbocycles. The van der Waals surface area contributed by atoms with Crippen molar-refractivity contribution in [3.8, 4) is 0 Å². The lowest BCUT2D eigenvalue weighted by molar-refractivity contribution is -0.232. The third kappa shape index (κ3) is 1.71. The van der Waals surface area contributed by atoms with Gasteiger partial charge in [-0.3, -0.25) is 0 Å². The zero-order chi connectivity index (χ0) is 7.71. The summed E-state index contributed by atoms with van der Waals surface area (Å²) < 4.78 is 34.5. The summed E-state index contributed by atoms with van der Waals surface area (Å²) in [5.41, 5.74) is -2.76. The molecule has 1 nitrogen and oxygen atoms in total. The molecule has 0 rings (SSSR count). The van der Waals surface area contributed by atoms with Gasteiger partial charge in [0.2, 0.25) is 0 Å². The van der Waals surface area contributed by atoms with Crippen LogP contribution in [0.3, 0.4) is 0 Å². The van der Waals surface area contributed by atoms with Crippen LogP contribution in [0.2, 0.25) is 0 Å². The summed E-state index contributed by atoms with van der Waals surface area (Å²) in [6.45, 7) is 3.47. The van der Waals surface area contributed by atoms with Gasteiger partial charge in [0.15, 0.2) is 5.60 Å². The van der Waals surface area contributed by atoms with Crippen LogP contribution >= 0.6 is 0 Å². The highest BCUT2D eigenvalue weighted by molar-refractivity contribution is 4.97. The van der Waals surface area contributed by atoms with Crippen LogP contribution in [0.1, 0.15) is 6.92 Å². The van der Waals surface area contributed by atoms with Crippen LogP contribution in [-0.4, -0.2) is 16.9 Å². The highest BCUT2D eigenvalue weighted by atomic mass is 19.4. The van der Waals surface area contributed by atoms with E-state index in [1.165, 1.54) is 0 Å². The molecule has 54 valence electrons. The molecule has 0 aromatic carbocycles. The first-order chi connectivity index (χ1) is 3.81. The first-order valence-corrected chi connectivity index (χ1v) is 2.24. The molecule has 1 N–H and O–H groups in total. The molecule has 0 aliphatic heterocycles. The number of hydrogen-bond acceptors (Lipinski definition) is 1. The summed E-state index contributed by atoms with van der Waals surface area (Å²) in [4.78, 5) is 0. The molecule has 0 saturated carbocycles. The second kappa shape index (κ2) is 2.02. The van der Waals surface area contributed by atoms with Gasteiger partial charge >= 0.3 is 6.18 Å². The minimum absolute atomic E-state index is 0.451. The Morgan fingerprint density at radius 2 is 1.78 bits per heavy atom.